The lowest BCUT2D eigenvalue weighted by Crippen LogP contribution is -2.49. The van der Waals surface area contributed by atoms with Crippen LogP contribution >= 0.6 is 11.6 Å². The highest BCUT2D eigenvalue weighted by molar-refractivity contribution is 7.92. The van der Waals surface area contributed by atoms with E-state index >= 15 is 0 Å². The predicted octanol–water partition coefficient (Wildman–Crippen LogP) is 6.87. The van der Waals surface area contributed by atoms with Crippen molar-refractivity contribution < 1.29 is 23.3 Å². The van der Waals surface area contributed by atoms with E-state index in [1.165, 1.54) is 11.1 Å². The number of rotatable bonds is 5. The van der Waals surface area contributed by atoms with E-state index in [9.17, 15) is 13.8 Å². The number of allylic oxidation sites excluding steroid dienone is 1. The van der Waals surface area contributed by atoms with E-state index in [1.54, 1.807) is 19.4 Å². The van der Waals surface area contributed by atoms with Crippen LogP contribution in [-0.2, 0) is 37.7 Å². The zero-order valence-corrected chi connectivity index (χ0v) is 30.1. The molecule has 1 fully saturated rings. The maximum atomic E-state index is 14.2. The van der Waals surface area contributed by atoms with Crippen LogP contribution in [0.1, 0.15) is 72.1 Å². The number of benzene rings is 2. The maximum absolute atomic E-state index is 14.2. The number of hydrogen-bond acceptors (Lipinski definition) is 7. The van der Waals surface area contributed by atoms with Crippen molar-refractivity contribution in [2.24, 2.45) is 16.2 Å². The number of hydrogen-bond donors (Lipinski definition) is 1. The molecular weight excluding hydrogens is 672 g/mol. The van der Waals surface area contributed by atoms with E-state index in [0.717, 1.165) is 61.6 Å². The Labute approximate surface area is 300 Å². The molecule has 1 spiro atoms. The third-order valence-corrected chi connectivity index (χ3v) is 12.9. The minimum absolute atomic E-state index is 0.0379. The molecule has 11 heteroatoms. The molecule has 264 valence electrons. The molecular formula is C39H45ClN4O5S. The van der Waals surface area contributed by atoms with Crippen LogP contribution in [0.25, 0.3) is 0 Å². The second kappa shape index (κ2) is 14.9. The zero-order valence-electron chi connectivity index (χ0n) is 28.5. The van der Waals surface area contributed by atoms with E-state index in [4.69, 9.17) is 21.1 Å². The molecule has 2 amide bonds. The van der Waals surface area contributed by atoms with E-state index in [1.807, 2.05) is 36.4 Å². The monoisotopic (exact) mass is 716 g/mol. The molecule has 0 radical (unpaired) electrons. The van der Waals surface area contributed by atoms with Crippen LogP contribution in [0.4, 0.5) is 5.69 Å². The highest BCUT2D eigenvalue weighted by Crippen LogP contribution is 2.47. The summed E-state index contributed by atoms with van der Waals surface area (Å²) in [4.78, 5) is 33.6. The molecule has 2 aliphatic heterocycles. The Morgan fingerprint density at radius 2 is 2.06 bits per heavy atom. The summed E-state index contributed by atoms with van der Waals surface area (Å²) in [6.45, 7) is 2.03. The normalized spacial score (nSPS) is 28.6. The van der Waals surface area contributed by atoms with Gasteiger partial charge in [0.15, 0.2) is 0 Å². The van der Waals surface area contributed by atoms with Gasteiger partial charge in [-0.2, -0.15) is 0 Å². The van der Waals surface area contributed by atoms with Gasteiger partial charge < -0.3 is 14.4 Å². The summed E-state index contributed by atoms with van der Waals surface area (Å²) in [6.07, 6.45) is 12.6. The van der Waals surface area contributed by atoms with Gasteiger partial charge in [0.2, 0.25) is 5.91 Å². The highest BCUT2D eigenvalue weighted by Gasteiger charge is 2.44. The number of pyridine rings is 1. The lowest BCUT2D eigenvalue weighted by atomic mass is 9.68. The fraction of sp³-hybridized carbons (Fsp3) is 0.462. The largest absolute Gasteiger partial charge is 0.490 e. The Bertz CT molecular complexity index is 1890. The number of nitrogens with one attached hydrogen (secondary N) is 1. The highest BCUT2D eigenvalue weighted by atomic mass is 35.5. The summed E-state index contributed by atoms with van der Waals surface area (Å²) >= 11 is 6.45. The fourth-order valence-electron chi connectivity index (χ4n) is 8.13. The van der Waals surface area contributed by atoms with Gasteiger partial charge in [-0.15, -0.1) is 4.36 Å². The van der Waals surface area contributed by atoms with Crippen molar-refractivity contribution in [1.82, 2.24) is 9.71 Å². The number of fused-ring (bicyclic) bond motifs is 4. The molecule has 3 aromatic rings. The number of ether oxygens (including phenoxy) is 2. The standard InChI is InChI=1S/C39H45ClN4O5S/c1-48-35-10-3-2-6-21-50(47,42-37(45)18-14-31-9-4-5-20-41-31)43-38(46)28-12-17-36-34(23-28)44(24-29-11-15-32(29)35)25-39(26-49-36)19-7-8-27-22-30(40)13-16-33(27)39/h3-5,9-10,12-13,16-17,20,22-23,29,32,35H,2,6-8,11,14-15,18-19,21,24-26H2,1H3,(H,42,43,45,46,47)/b10-3+/t29-,32+,35-,39-,50+/m0/s1. The summed E-state index contributed by atoms with van der Waals surface area (Å²) in [5.74, 6) is 0.462. The molecule has 9 nitrogen and oxygen atoms in total. The van der Waals surface area contributed by atoms with E-state index in [0.29, 0.717) is 49.0 Å². The Hall–Kier alpha value is -3.73. The second-order valence-electron chi connectivity index (χ2n) is 14.1. The van der Waals surface area contributed by atoms with Crippen molar-refractivity contribution in [3.05, 3.63) is 100 Å². The number of amides is 2. The Morgan fingerprint density at radius 3 is 2.86 bits per heavy atom. The van der Waals surface area contributed by atoms with Gasteiger partial charge >= 0.3 is 0 Å². The number of aromatic nitrogens is 1. The number of carbonyl (C=O) groups excluding carboxylic acids is 2. The maximum Gasteiger partial charge on any atom is 0.286 e. The van der Waals surface area contributed by atoms with Crippen LogP contribution < -0.4 is 14.4 Å². The molecule has 2 aliphatic carbocycles. The number of carbonyl (C=O) groups is 2. The van der Waals surface area contributed by atoms with Gasteiger partial charge in [0.1, 0.15) is 15.7 Å². The van der Waals surface area contributed by atoms with Crippen molar-refractivity contribution in [2.45, 2.75) is 69.3 Å². The van der Waals surface area contributed by atoms with E-state index in [-0.39, 0.29) is 23.7 Å². The van der Waals surface area contributed by atoms with E-state index < -0.39 is 21.7 Å². The smallest absolute Gasteiger partial charge is 0.286 e. The molecule has 4 aliphatic rings. The van der Waals surface area contributed by atoms with Crippen LogP contribution in [0.15, 0.2) is 77.3 Å². The van der Waals surface area contributed by atoms with Gasteiger partial charge in [0.25, 0.3) is 5.91 Å². The molecule has 5 atom stereocenters. The Balaban J connectivity index is 1.24. The number of anilines is 1. The first-order chi connectivity index (χ1) is 24.2. The van der Waals surface area contributed by atoms with Crippen molar-refractivity contribution >= 4 is 39.0 Å². The quantitative estimate of drug-likeness (QED) is 0.287. The first kappa shape index (κ1) is 34.7. The van der Waals surface area contributed by atoms with Crippen LogP contribution in [0.5, 0.6) is 5.75 Å². The average Bonchev–Trinajstić information content (AvgIpc) is 3.25. The average molecular weight is 717 g/mol. The van der Waals surface area contributed by atoms with Gasteiger partial charge in [0.05, 0.1) is 24.2 Å². The van der Waals surface area contributed by atoms with Crippen LogP contribution in [0.3, 0.4) is 0 Å². The van der Waals surface area contributed by atoms with Crippen LogP contribution in [-0.4, -0.2) is 59.7 Å². The first-order valence-corrected chi connectivity index (χ1v) is 19.8. The van der Waals surface area contributed by atoms with Crippen molar-refractivity contribution in [3.8, 4) is 5.75 Å². The van der Waals surface area contributed by atoms with Crippen LogP contribution in [0.2, 0.25) is 5.02 Å². The van der Waals surface area contributed by atoms with E-state index in [2.05, 4.69) is 43.3 Å². The molecule has 7 rings (SSSR count). The third-order valence-electron chi connectivity index (χ3n) is 10.9. The number of halogens is 1. The SMILES string of the molecule is CO[C@H]1/C=C/CCC[S@@](=O)(NC(=O)CCc2ccccn2)=NC(=O)c2ccc3c(c2)N(C[C@@H]2CC[C@H]21)C[C@@]1(CCCc2cc(Cl)ccc21)CO3. The van der Waals surface area contributed by atoms with Gasteiger partial charge in [-0.1, -0.05) is 35.9 Å². The van der Waals surface area contributed by atoms with Crippen molar-refractivity contribution in [2.75, 3.05) is 37.5 Å². The third kappa shape index (κ3) is 7.48. The Morgan fingerprint density at radius 1 is 1.16 bits per heavy atom. The van der Waals surface area contributed by atoms with Gasteiger partial charge in [-0.05, 0) is 117 Å². The molecule has 2 bridgehead atoms. The molecule has 1 N–H and O–H groups in total. The lowest BCUT2D eigenvalue weighted by molar-refractivity contribution is -0.119. The summed E-state index contributed by atoms with van der Waals surface area (Å²) in [7, 11) is -1.65. The van der Waals surface area contributed by atoms with Gasteiger partial charge in [-0.25, -0.2) is 4.21 Å². The predicted molar refractivity (Wildman–Crippen MR) is 196 cm³/mol. The molecule has 50 heavy (non-hydrogen) atoms. The summed E-state index contributed by atoms with van der Waals surface area (Å²) < 4.78 is 33.8. The summed E-state index contributed by atoms with van der Waals surface area (Å²) in [6, 6.07) is 17.1. The number of aryl methyl sites for hydroxylation is 2. The second-order valence-corrected chi connectivity index (χ2v) is 16.7. The molecule has 2 aromatic carbocycles. The topological polar surface area (TPSA) is 110 Å². The number of methoxy groups -OCH3 is 1. The molecule has 1 saturated carbocycles. The fourth-order valence-corrected chi connectivity index (χ4v) is 9.95. The zero-order chi connectivity index (χ0) is 34.7. The van der Waals surface area contributed by atoms with Gasteiger partial charge in [0, 0.05) is 54.5 Å². The molecule has 0 saturated heterocycles. The Kier molecular flexibility index (Phi) is 10.3. The van der Waals surface area contributed by atoms with Crippen molar-refractivity contribution in [1.29, 1.82) is 0 Å². The first-order valence-electron chi connectivity index (χ1n) is 17.7. The minimum Gasteiger partial charge on any atom is -0.490 e. The molecule has 1 aromatic heterocycles. The summed E-state index contributed by atoms with van der Waals surface area (Å²) in [5, 5.41) is 0.743. The minimum atomic E-state index is -3.41. The van der Waals surface area contributed by atoms with Crippen molar-refractivity contribution in [3.63, 3.8) is 0 Å². The molecule has 3 heterocycles. The number of nitrogens with zero attached hydrogens (tertiary/aromatic N) is 3. The van der Waals surface area contributed by atoms with Crippen LogP contribution in [0, 0.1) is 11.8 Å². The summed E-state index contributed by atoms with van der Waals surface area (Å²) in [5.41, 5.74) is 4.20. The molecule has 0 unspecified atom stereocenters. The van der Waals surface area contributed by atoms with Gasteiger partial charge in [-0.3, -0.25) is 19.3 Å². The lowest BCUT2D eigenvalue weighted by Gasteiger charge is -2.46.